The molecule has 1 N–H and O–H groups in total. The SMILES string of the molecule is CS[C@@H]1CN(C(=O)[C@@H](C)NC(=O)c2cccs2)C[C@H]1N(C)C. The minimum Gasteiger partial charge on any atom is -0.340 e. The third-order valence-corrected chi connectivity index (χ3v) is 5.92. The van der Waals surface area contributed by atoms with E-state index in [9.17, 15) is 9.59 Å². The molecule has 0 unspecified atom stereocenters. The van der Waals surface area contributed by atoms with Crippen LogP contribution in [0, 0.1) is 0 Å². The first-order valence-electron chi connectivity index (χ1n) is 7.26. The van der Waals surface area contributed by atoms with Gasteiger partial charge >= 0.3 is 0 Å². The smallest absolute Gasteiger partial charge is 0.261 e. The van der Waals surface area contributed by atoms with Crippen LogP contribution in [0.3, 0.4) is 0 Å². The van der Waals surface area contributed by atoms with Gasteiger partial charge in [-0.1, -0.05) is 6.07 Å². The Morgan fingerprint density at radius 3 is 2.68 bits per heavy atom. The van der Waals surface area contributed by atoms with Crippen LogP contribution < -0.4 is 5.32 Å². The molecule has 0 radical (unpaired) electrons. The van der Waals surface area contributed by atoms with E-state index in [-0.39, 0.29) is 11.8 Å². The van der Waals surface area contributed by atoms with Gasteiger partial charge in [-0.05, 0) is 38.7 Å². The van der Waals surface area contributed by atoms with Crippen molar-refractivity contribution in [2.75, 3.05) is 33.4 Å². The van der Waals surface area contributed by atoms with Crippen molar-refractivity contribution in [1.82, 2.24) is 15.1 Å². The maximum Gasteiger partial charge on any atom is 0.261 e. The number of hydrogen-bond acceptors (Lipinski definition) is 5. The number of hydrogen-bond donors (Lipinski definition) is 1. The first kappa shape index (κ1) is 17.3. The molecule has 1 aromatic heterocycles. The van der Waals surface area contributed by atoms with Gasteiger partial charge in [0, 0.05) is 24.4 Å². The highest BCUT2D eigenvalue weighted by atomic mass is 32.2. The topological polar surface area (TPSA) is 52.7 Å². The van der Waals surface area contributed by atoms with Crippen LogP contribution in [0.25, 0.3) is 0 Å². The predicted molar refractivity (Wildman–Crippen MR) is 92.6 cm³/mol. The lowest BCUT2D eigenvalue weighted by Gasteiger charge is -2.24. The molecule has 0 bridgehead atoms. The molecule has 2 amide bonds. The lowest BCUT2D eigenvalue weighted by molar-refractivity contribution is -0.131. The van der Waals surface area contributed by atoms with Crippen molar-refractivity contribution >= 4 is 34.9 Å². The van der Waals surface area contributed by atoms with Crippen molar-refractivity contribution in [3.63, 3.8) is 0 Å². The van der Waals surface area contributed by atoms with Crippen LogP contribution in [0.4, 0.5) is 0 Å². The number of likely N-dealkylation sites (N-methyl/N-ethyl adjacent to an activating group) is 1. The van der Waals surface area contributed by atoms with E-state index < -0.39 is 6.04 Å². The molecule has 1 aliphatic heterocycles. The van der Waals surface area contributed by atoms with Gasteiger partial charge in [-0.3, -0.25) is 9.59 Å². The van der Waals surface area contributed by atoms with E-state index in [2.05, 4.69) is 16.5 Å². The molecule has 2 heterocycles. The second-order valence-electron chi connectivity index (χ2n) is 5.72. The van der Waals surface area contributed by atoms with Crippen molar-refractivity contribution in [2.24, 2.45) is 0 Å². The van der Waals surface area contributed by atoms with Crippen molar-refractivity contribution < 1.29 is 9.59 Å². The largest absolute Gasteiger partial charge is 0.340 e. The van der Waals surface area contributed by atoms with Crippen molar-refractivity contribution in [3.8, 4) is 0 Å². The lowest BCUT2D eigenvalue weighted by atomic mass is 10.2. The zero-order chi connectivity index (χ0) is 16.3. The van der Waals surface area contributed by atoms with Crippen molar-refractivity contribution in [3.05, 3.63) is 22.4 Å². The molecular formula is C15H23N3O2S2. The highest BCUT2D eigenvalue weighted by Gasteiger charge is 2.37. The summed E-state index contributed by atoms with van der Waals surface area (Å²) in [6.07, 6.45) is 2.08. The molecule has 122 valence electrons. The number of amides is 2. The number of thioether (sulfide) groups is 1. The fourth-order valence-corrected chi connectivity index (χ4v) is 4.27. The number of carbonyl (C=O) groups is 2. The number of rotatable bonds is 5. The first-order valence-corrected chi connectivity index (χ1v) is 9.43. The van der Waals surface area contributed by atoms with E-state index >= 15 is 0 Å². The van der Waals surface area contributed by atoms with Crippen molar-refractivity contribution in [1.29, 1.82) is 0 Å². The van der Waals surface area contributed by atoms with Crippen molar-refractivity contribution in [2.45, 2.75) is 24.3 Å². The number of thiophene rings is 1. The maximum absolute atomic E-state index is 12.6. The maximum atomic E-state index is 12.6. The molecule has 0 spiro atoms. The van der Waals surface area contributed by atoms with Gasteiger partial charge < -0.3 is 15.1 Å². The molecule has 0 saturated carbocycles. The summed E-state index contributed by atoms with van der Waals surface area (Å²) in [6, 6.07) is 3.45. The van der Waals surface area contributed by atoms with Crippen LogP contribution in [-0.2, 0) is 4.79 Å². The predicted octanol–water partition coefficient (Wildman–Crippen LogP) is 1.37. The van der Waals surface area contributed by atoms with Gasteiger partial charge in [-0.2, -0.15) is 11.8 Å². The quantitative estimate of drug-likeness (QED) is 0.879. The Balaban J connectivity index is 1.95. The summed E-state index contributed by atoms with van der Waals surface area (Å²) in [4.78, 5) is 29.3. The van der Waals surface area contributed by atoms with E-state index in [1.54, 1.807) is 24.8 Å². The number of likely N-dealkylation sites (tertiary alicyclic amines) is 1. The highest BCUT2D eigenvalue weighted by molar-refractivity contribution is 7.99. The molecule has 2 rings (SSSR count). The van der Waals surface area contributed by atoms with E-state index in [4.69, 9.17) is 0 Å². The molecule has 5 nitrogen and oxygen atoms in total. The standard InChI is InChI=1S/C15H23N3O2S2/c1-10(16-14(19)12-6-5-7-22-12)15(20)18-8-11(17(2)3)13(9-18)21-4/h5-7,10-11,13H,8-9H2,1-4H3,(H,16,19)/t10-,11-,13-/m1/s1. The first-order chi connectivity index (χ1) is 10.4. The molecule has 0 aromatic carbocycles. The zero-order valence-electron chi connectivity index (χ0n) is 13.4. The van der Waals surface area contributed by atoms with Crippen LogP contribution in [-0.4, -0.2) is 72.4 Å². The molecule has 0 aliphatic carbocycles. The minimum absolute atomic E-state index is 0.00620. The lowest BCUT2D eigenvalue weighted by Crippen LogP contribution is -2.46. The molecular weight excluding hydrogens is 318 g/mol. The second kappa shape index (κ2) is 7.48. The molecule has 22 heavy (non-hydrogen) atoms. The summed E-state index contributed by atoms with van der Waals surface area (Å²) < 4.78 is 0. The average molecular weight is 342 g/mol. The second-order valence-corrected chi connectivity index (χ2v) is 7.75. The van der Waals surface area contributed by atoms with Crippen LogP contribution in [0.1, 0.15) is 16.6 Å². The van der Waals surface area contributed by atoms with Crippen LogP contribution in [0.5, 0.6) is 0 Å². The summed E-state index contributed by atoms with van der Waals surface area (Å²) >= 11 is 3.17. The summed E-state index contributed by atoms with van der Waals surface area (Å²) in [7, 11) is 4.09. The third kappa shape index (κ3) is 3.83. The summed E-state index contributed by atoms with van der Waals surface area (Å²) in [5, 5.41) is 5.07. The highest BCUT2D eigenvalue weighted by Crippen LogP contribution is 2.24. The summed E-state index contributed by atoms with van der Waals surface area (Å²) in [5.41, 5.74) is 0. The van der Waals surface area contributed by atoms with Gasteiger partial charge in [0.25, 0.3) is 5.91 Å². The molecule has 3 atom stereocenters. The zero-order valence-corrected chi connectivity index (χ0v) is 15.0. The Kier molecular flexibility index (Phi) is 5.88. The fraction of sp³-hybridized carbons (Fsp3) is 0.600. The Morgan fingerprint density at radius 1 is 1.45 bits per heavy atom. The number of carbonyl (C=O) groups excluding carboxylic acids is 2. The summed E-state index contributed by atoms with van der Waals surface area (Å²) in [6.45, 7) is 3.21. The number of nitrogens with zero attached hydrogens (tertiary/aromatic N) is 2. The molecule has 1 saturated heterocycles. The van der Waals surface area contributed by atoms with E-state index in [1.165, 1.54) is 11.3 Å². The normalized spacial score (nSPS) is 22.9. The van der Waals surface area contributed by atoms with Crippen LogP contribution in [0.2, 0.25) is 0 Å². The monoisotopic (exact) mass is 341 g/mol. The van der Waals surface area contributed by atoms with Gasteiger partial charge in [0.05, 0.1) is 4.88 Å². The Labute approximate surface area is 140 Å². The van der Waals surface area contributed by atoms with Crippen LogP contribution in [0.15, 0.2) is 17.5 Å². The van der Waals surface area contributed by atoms with E-state index in [1.807, 2.05) is 30.4 Å². The number of nitrogens with one attached hydrogen (secondary N) is 1. The molecule has 1 fully saturated rings. The Morgan fingerprint density at radius 2 is 2.18 bits per heavy atom. The van der Waals surface area contributed by atoms with Gasteiger partial charge in [0.1, 0.15) is 6.04 Å². The molecule has 1 aliphatic rings. The summed E-state index contributed by atoms with van der Waals surface area (Å²) in [5.74, 6) is -0.186. The Hall–Kier alpha value is -1.05. The van der Waals surface area contributed by atoms with E-state index in [0.717, 1.165) is 13.1 Å². The average Bonchev–Trinajstić information content (AvgIpc) is 3.15. The third-order valence-electron chi connectivity index (χ3n) is 3.98. The fourth-order valence-electron chi connectivity index (χ4n) is 2.68. The minimum atomic E-state index is -0.502. The Bertz CT molecular complexity index is 519. The molecule has 7 heteroatoms. The van der Waals surface area contributed by atoms with Gasteiger partial charge in [-0.15, -0.1) is 11.3 Å². The molecule has 1 aromatic rings. The van der Waals surface area contributed by atoms with Crippen LogP contribution >= 0.6 is 23.1 Å². The van der Waals surface area contributed by atoms with Gasteiger partial charge in [0.15, 0.2) is 0 Å². The van der Waals surface area contributed by atoms with Gasteiger partial charge in [-0.25, -0.2) is 0 Å². The van der Waals surface area contributed by atoms with Gasteiger partial charge in [0.2, 0.25) is 5.91 Å². The van der Waals surface area contributed by atoms with E-state index in [0.29, 0.717) is 16.2 Å².